The highest BCUT2D eigenvalue weighted by molar-refractivity contribution is 6.07. The minimum atomic E-state index is -0.528. The SMILES string of the molecule is O=C(Oc1ccc(O)cc1)N1CCN(CC(O)Cn2c3ccccc3c3ccccc32)CC1. The molecule has 1 unspecified atom stereocenters. The van der Waals surface area contributed by atoms with Gasteiger partial charge in [-0.25, -0.2) is 4.79 Å². The Hall–Kier alpha value is -3.55. The van der Waals surface area contributed by atoms with Crippen LogP contribution in [0.3, 0.4) is 0 Å². The number of phenolic OH excluding ortho intramolecular Hbond substituents is 1. The topological polar surface area (TPSA) is 78.2 Å². The maximum atomic E-state index is 12.4. The Bertz CT molecular complexity index is 1210. The van der Waals surface area contributed by atoms with Crippen LogP contribution >= 0.6 is 0 Å². The normalized spacial score (nSPS) is 15.7. The third-order valence-corrected chi connectivity index (χ3v) is 6.21. The fraction of sp³-hybridized carbons (Fsp3) is 0.269. The van der Waals surface area contributed by atoms with Gasteiger partial charge in [-0.05, 0) is 36.4 Å². The van der Waals surface area contributed by atoms with Crippen LogP contribution in [0.25, 0.3) is 21.8 Å². The van der Waals surface area contributed by atoms with Gasteiger partial charge in [0.15, 0.2) is 0 Å². The summed E-state index contributed by atoms with van der Waals surface area (Å²) in [6.07, 6.45) is -0.925. The second-order valence-electron chi connectivity index (χ2n) is 8.45. The van der Waals surface area contributed by atoms with Crippen molar-refractivity contribution in [1.82, 2.24) is 14.4 Å². The molecule has 7 heteroatoms. The summed E-state index contributed by atoms with van der Waals surface area (Å²) in [7, 11) is 0. The summed E-state index contributed by atoms with van der Waals surface area (Å²) >= 11 is 0. The lowest BCUT2D eigenvalue weighted by Crippen LogP contribution is -2.51. The van der Waals surface area contributed by atoms with Gasteiger partial charge in [0.2, 0.25) is 0 Å². The first-order valence-corrected chi connectivity index (χ1v) is 11.2. The maximum absolute atomic E-state index is 12.4. The second kappa shape index (κ2) is 9.13. The lowest BCUT2D eigenvalue weighted by Gasteiger charge is -2.35. The van der Waals surface area contributed by atoms with Crippen LogP contribution in [-0.2, 0) is 6.54 Å². The molecular weight excluding hydrogens is 418 g/mol. The van der Waals surface area contributed by atoms with Crippen LogP contribution in [0.15, 0.2) is 72.8 Å². The molecule has 0 aliphatic carbocycles. The van der Waals surface area contributed by atoms with Crippen LogP contribution in [0, 0.1) is 0 Å². The quantitative estimate of drug-likeness (QED) is 0.490. The molecular formula is C26H27N3O4. The Morgan fingerprint density at radius 1 is 0.818 bits per heavy atom. The molecule has 2 N–H and O–H groups in total. The van der Waals surface area contributed by atoms with Crippen molar-refractivity contribution in [3.8, 4) is 11.5 Å². The zero-order valence-electron chi connectivity index (χ0n) is 18.3. The van der Waals surface area contributed by atoms with E-state index in [0.717, 1.165) is 11.0 Å². The summed E-state index contributed by atoms with van der Waals surface area (Å²) in [4.78, 5) is 16.3. The molecule has 1 amide bonds. The van der Waals surface area contributed by atoms with E-state index in [1.165, 1.54) is 22.9 Å². The van der Waals surface area contributed by atoms with Crippen molar-refractivity contribution >= 4 is 27.9 Å². The minimum absolute atomic E-state index is 0.128. The van der Waals surface area contributed by atoms with Gasteiger partial charge in [-0.2, -0.15) is 0 Å². The van der Waals surface area contributed by atoms with E-state index in [0.29, 0.717) is 45.0 Å². The lowest BCUT2D eigenvalue weighted by molar-refractivity contribution is 0.0656. The number of aliphatic hydroxyl groups excluding tert-OH is 1. The van der Waals surface area contributed by atoms with Gasteiger partial charge in [0.1, 0.15) is 11.5 Å². The molecule has 7 nitrogen and oxygen atoms in total. The van der Waals surface area contributed by atoms with Crippen LogP contribution < -0.4 is 4.74 Å². The molecule has 1 aromatic heterocycles. The monoisotopic (exact) mass is 445 g/mol. The van der Waals surface area contributed by atoms with E-state index >= 15 is 0 Å². The Morgan fingerprint density at radius 2 is 1.39 bits per heavy atom. The molecule has 1 aliphatic rings. The van der Waals surface area contributed by atoms with Crippen LogP contribution in [0.2, 0.25) is 0 Å². The first-order chi connectivity index (χ1) is 16.1. The van der Waals surface area contributed by atoms with E-state index in [2.05, 4.69) is 33.7 Å². The van der Waals surface area contributed by atoms with Crippen molar-refractivity contribution in [1.29, 1.82) is 0 Å². The standard InChI is InChI=1S/C26H27N3O4/c30-19-9-11-21(12-10-19)33-26(32)28-15-13-27(14-16-28)17-20(31)18-29-24-7-3-1-5-22(24)23-6-2-4-8-25(23)29/h1-12,20,30-31H,13-18H2. The Kier molecular flexibility index (Phi) is 5.90. The number of para-hydroxylation sites is 2. The number of β-amino-alcohol motifs (C(OH)–C–C–N with tert-alkyl or cyclic N) is 1. The molecule has 1 saturated heterocycles. The van der Waals surface area contributed by atoms with Crippen LogP contribution in [0.1, 0.15) is 0 Å². The summed E-state index contributed by atoms with van der Waals surface area (Å²) in [5.74, 6) is 0.532. The van der Waals surface area contributed by atoms with Crippen molar-refractivity contribution in [3.63, 3.8) is 0 Å². The number of aliphatic hydroxyl groups is 1. The van der Waals surface area contributed by atoms with Gasteiger partial charge in [-0.15, -0.1) is 0 Å². The summed E-state index contributed by atoms with van der Waals surface area (Å²) in [5, 5.41) is 22.6. The Balaban J connectivity index is 1.19. The van der Waals surface area contributed by atoms with Crippen LogP contribution in [0.5, 0.6) is 11.5 Å². The first-order valence-electron chi connectivity index (χ1n) is 11.2. The number of ether oxygens (including phenoxy) is 1. The number of benzene rings is 3. The molecule has 0 spiro atoms. The van der Waals surface area contributed by atoms with Crippen molar-refractivity contribution in [2.24, 2.45) is 0 Å². The Morgan fingerprint density at radius 3 is 2.00 bits per heavy atom. The highest BCUT2D eigenvalue weighted by Crippen LogP contribution is 2.29. The number of carbonyl (C=O) groups is 1. The molecule has 0 radical (unpaired) electrons. The maximum Gasteiger partial charge on any atom is 0.415 e. The number of phenols is 1. The minimum Gasteiger partial charge on any atom is -0.508 e. The summed E-state index contributed by atoms with van der Waals surface area (Å²) in [6.45, 7) is 3.49. The largest absolute Gasteiger partial charge is 0.508 e. The number of carbonyl (C=O) groups excluding carboxylic acids is 1. The van der Waals surface area contributed by atoms with Gasteiger partial charge in [-0.1, -0.05) is 36.4 Å². The van der Waals surface area contributed by atoms with Crippen LogP contribution in [-0.4, -0.2) is 69.5 Å². The zero-order valence-corrected chi connectivity index (χ0v) is 18.3. The first kappa shape index (κ1) is 21.3. The van der Waals surface area contributed by atoms with Crippen molar-refractivity contribution < 1.29 is 19.7 Å². The fourth-order valence-electron chi connectivity index (χ4n) is 4.56. The number of fused-ring (bicyclic) bond motifs is 3. The van der Waals surface area contributed by atoms with Gasteiger partial charge in [-0.3, -0.25) is 4.90 Å². The van der Waals surface area contributed by atoms with E-state index in [9.17, 15) is 15.0 Å². The number of aromatic hydroxyl groups is 1. The van der Waals surface area contributed by atoms with Crippen molar-refractivity contribution in [2.75, 3.05) is 32.7 Å². The number of rotatable bonds is 5. The smallest absolute Gasteiger partial charge is 0.415 e. The van der Waals surface area contributed by atoms with E-state index in [-0.39, 0.29) is 5.75 Å². The summed E-state index contributed by atoms with van der Waals surface area (Å²) < 4.78 is 7.58. The van der Waals surface area contributed by atoms with E-state index in [4.69, 9.17) is 4.74 Å². The molecule has 33 heavy (non-hydrogen) atoms. The Labute approximate surface area is 192 Å². The van der Waals surface area contributed by atoms with E-state index < -0.39 is 12.2 Å². The number of nitrogens with zero attached hydrogens (tertiary/aromatic N) is 3. The molecule has 1 fully saturated rings. The highest BCUT2D eigenvalue weighted by atomic mass is 16.6. The molecule has 0 bridgehead atoms. The predicted octanol–water partition coefficient (Wildman–Crippen LogP) is 3.68. The highest BCUT2D eigenvalue weighted by Gasteiger charge is 2.24. The number of amides is 1. The number of aromatic nitrogens is 1. The summed E-state index contributed by atoms with van der Waals surface area (Å²) in [6, 6.07) is 22.7. The average Bonchev–Trinajstić information content (AvgIpc) is 3.15. The molecule has 5 rings (SSSR count). The third kappa shape index (κ3) is 4.51. The van der Waals surface area contributed by atoms with E-state index in [1.54, 1.807) is 17.0 Å². The zero-order chi connectivity index (χ0) is 22.8. The molecule has 2 heterocycles. The lowest BCUT2D eigenvalue weighted by atomic mass is 10.2. The predicted molar refractivity (Wildman–Crippen MR) is 128 cm³/mol. The van der Waals surface area contributed by atoms with E-state index in [1.807, 2.05) is 24.3 Å². The van der Waals surface area contributed by atoms with Gasteiger partial charge in [0.05, 0.1) is 12.6 Å². The van der Waals surface area contributed by atoms with Gasteiger partial charge >= 0.3 is 6.09 Å². The number of piperazine rings is 1. The molecule has 1 atom stereocenters. The molecule has 170 valence electrons. The molecule has 3 aromatic carbocycles. The van der Waals surface area contributed by atoms with Gasteiger partial charge in [0.25, 0.3) is 0 Å². The average molecular weight is 446 g/mol. The van der Waals surface area contributed by atoms with Crippen LogP contribution in [0.4, 0.5) is 4.79 Å². The third-order valence-electron chi connectivity index (χ3n) is 6.21. The van der Waals surface area contributed by atoms with Gasteiger partial charge < -0.3 is 24.4 Å². The fourth-order valence-corrected chi connectivity index (χ4v) is 4.56. The molecule has 0 saturated carbocycles. The van der Waals surface area contributed by atoms with Gasteiger partial charge in [0, 0.05) is 54.5 Å². The molecule has 1 aliphatic heterocycles. The number of hydrogen-bond acceptors (Lipinski definition) is 5. The van der Waals surface area contributed by atoms with Crippen molar-refractivity contribution in [2.45, 2.75) is 12.6 Å². The van der Waals surface area contributed by atoms with Crippen molar-refractivity contribution in [3.05, 3.63) is 72.8 Å². The summed E-state index contributed by atoms with van der Waals surface area (Å²) in [5.41, 5.74) is 2.25. The molecule has 4 aromatic rings. The second-order valence-corrected chi connectivity index (χ2v) is 8.45. The number of hydrogen-bond donors (Lipinski definition) is 2.